The Kier molecular flexibility index (Phi) is 5.65. The molecule has 1 heterocycles. The van der Waals surface area contributed by atoms with Gasteiger partial charge in [-0.15, -0.1) is 0 Å². The van der Waals surface area contributed by atoms with E-state index in [-0.39, 0.29) is 5.97 Å². The molecule has 0 amide bonds. The van der Waals surface area contributed by atoms with Gasteiger partial charge in [0, 0.05) is 26.2 Å². The SMILES string of the molecule is CCCCOC(=O)CN1CCN(C)CC1. The molecule has 15 heavy (non-hydrogen) atoms. The Morgan fingerprint density at radius 1 is 1.27 bits per heavy atom. The molecular weight excluding hydrogens is 192 g/mol. The summed E-state index contributed by atoms with van der Waals surface area (Å²) in [6.45, 7) is 7.15. The van der Waals surface area contributed by atoms with Crippen molar-refractivity contribution in [2.24, 2.45) is 0 Å². The highest BCUT2D eigenvalue weighted by Gasteiger charge is 2.16. The first-order valence-corrected chi connectivity index (χ1v) is 5.79. The molecule has 0 aromatic heterocycles. The summed E-state index contributed by atoms with van der Waals surface area (Å²) in [6.07, 6.45) is 2.04. The number of esters is 1. The number of nitrogens with zero attached hydrogens (tertiary/aromatic N) is 2. The standard InChI is InChI=1S/C11H22N2O2/c1-3-4-9-15-11(14)10-13-7-5-12(2)6-8-13/h3-10H2,1-2H3. The zero-order valence-electron chi connectivity index (χ0n) is 9.87. The van der Waals surface area contributed by atoms with Crippen LogP contribution in [0.4, 0.5) is 0 Å². The van der Waals surface area contributed by atoms with Gasteiger partial charge in [0.15, 0.2) is 0 Å². The maximum absolute atomic E-state index is 11.4. The second-order valence-electron chi connectivity index (χ2n) is 4.15. The van der Waals surface area contributed by atoms with Gasteiger partial charge in [-0.2, -0.15) is 0 Å². The molecule has 4 nitrogen and oxygen atoms in total. The van der Waals surface area contributed by atoms with Crippen molar-refractivity contribution in [1.82, 2.24) is 9.80 Å². The molecule has 0 N–H and O–H groups in total. The first-order chi connectivity index (χ1) is 7.22. The zero-order valence-corrected chi connectivity index (χ0v) is 9.87. The van der Waals surface area contributed by atoms with Gasteiger partial charge in [-0.1, -0.05) is 13.3 Å². The molecule has 1 aliphatic heterocycles. The molecule has 1 fully saturated rings. The number of likely N-dealkylation sites (N-methyl/N-ethyl adjacent to an activating group) is 1. The summed E-state index contributed by atoms with van der Waals surface area (Å²) in [5.41, 5.74) is 0. The molecule has 1 aliphatic rings. The predicted molar refractivity (Wildman–Crippen MR) is 59.8 cm³/mol. The minimum Gasteiger partial charge on any atom is -0.465 e. The van der Waals surface area contributed by atoms with Crippen molar-refractivity contribution in [2.75, 3.05) is 46.4 Å². The fraction of sp³-hybridized carbons (Fsp3) is 0.909. The van der Waals surface area contributed by atoms with E-state index in [0.29, 0.717) is 13.2 Å². The third-order valence-electron chi connectivity index (χ3n) is 2.71. The van der Waals surface area contributed by atoms with E-state index in [0.717, 1.165) is 39.0 Å². The molecule has 1 saturated heterocycles. The lowest BCUT2D eigenvalue weighted by Crippen LogP contribution is -2.46. The highest BCUT2D eigenvalue weighted by atomic mass is 16.5. The molecule has 0 spiro atoms. The highest BCUT2D eigenvalue weighted by molar-refractivity contribution is 5.71. The van der Waals surface area contributed by atoms with Crippen LogP contribution in [0.5, 0.6) is 0 Å². The van der Waals surface area contributed by atoms with Crippen LogP contribution in [-0.2, 0) is 9.53 Å². The lowest BCUT2D eigenvalue weighted by molar-refractivity contribution is -0.145. The van der Waals surface area contributed by atoms with E-state index in [1.54, 1.807) is 0 Å². The van der Waals surface area contributed by atoms with Crippen LogP contribution in [0.1, 0.15) is 19.8 Å². The number of piperazine rings is 1. The Hall–Kier alpha value is -0.610. The van der Waals surface area contributed by atoms with Crippen molar-refractivity contribution in [1.29, 1.82) is 0 Å². The second-order valence-corrected chi connectivity index (χ2v) is 4.15. The molecule has 0 aromatic rings. The molecule has 0 radical (unpaired) electrons. The molecule has 0 aromatic carbocycles. The van der Waals surface area contributed by atoms with Crippen LogP contribution < -0.4 is 0 Å². The number of unbranched alkanes of at least 4 members (excludes halogenated alkanes) is 1. The van der Waals surface area contributed by atoms with Gasteiger partial charge in [-0.3, -0.25) is 9.69 Å². The number of carbonyl (C=O) groups excluding carboxylic acids is 1. The quantitative estimate of drug-likeness (QED) is 0.495. The summed E-state index contributed by atoms with van der Waals surface area (Å²) in [5.74, 6) is -0.0759. The van der Waals surface area contributed by atoms with Gasteiger partial charge in [0.25, 0.3) is 0 Å². The van der Waals surface area contributed by atoms with Crippen LogP contribution in [0.15, 0.2) is 0 Å². The average molecular weight is 214 g/mol. The smallest absolute Gasteiger partial charge is 0.320 e. The van der Waals surface area contributed by atoms with Crippen molar-refractivity contribution in [3.63, 3.8) is 0 Å². The molecule has 88 valence electrons. The van der Waals surface area contributed by atoms with Gasteiger partial charge < -0.3 is 9.64 Å². The van der Waals surface area contributed by atoms with Gasteiger partial charge in [0.1, 0.15) is 0 Å². The van der Waals surface area contributed by atoms with Crippen molar-refractivity contribution in [3.05, 3.63) is 0 Å². The highest BCUT2D eigenvalue weighted by Crippen LogP contribution is 1.99. The molecule has 1 rings (SSSR count). The topological polar surface area (TPSA) is 32.8 Å². The monoisotopic (exact) mass is 214 g/mol. The molecule has 0 bridgehead atoms. The summed E-state index contributed by atoms with van der Waals surface area (Å²) in [4.78, 5) is 15.8. The van der Waals surface area contributed by atoms with Crippen LogP contribution in [0.3, 0.4) is 0 Å². The summed E-state index contributed by atoms with van der Waals surface area (Å²) in [7, 11) is 2.11. The third kappa shape index (κ3) is 5.14. The Bertz CT molecular complexity index is 189. The van der Waals surface area contributed by atoms with E-state index in [2.05, 4.69) is 23.8 Å². The molecule has 0 saturated carbocycles. The van der Waals surface area contributed by atoms with Crippen molar-refractivity contribution < 1.29 is 9.53 Å². The van der Waals surface area contributed by atoms with E-state index >= 15 is 0 Å². The number of carbonyl (C=O) groups is 1. The van der Waals surface area contributed by atoms with Gasteiger partial charge in [0.2, 0.25) is 0 Å². The van der Waals surface area contributed by atoms with E-state index in [1.165, 1.54) is 0 Å². The second kappa shape index (κ2) is 6.80. The van der Waals surface area contributed by atoms with Gasteiger partial charge >= 0.3 is 5.97 Å². The van der Waals surface area contributed by atoms with Crippen LogP contribution in [0.25, 0.3) is 0 Å². The summed E-state index contributed by atoms with van der Waals surface area (Å²) >= 11 is 0. The largest absolute Gasteiger partial charge is 0.465 e. The molecule has 0 aliphatic carbocycles. The zero-order chi connectivity index (χ0) is 11.1. The maximum atomic E-state index is 11.4. The van der Waals surface area contributed by atoms with Gasteiger partial charge in [0.05, 0.1) is 13.2 Å². The minimum absolute atomic E-state index is 0.0759. The normalized spacial score (nSPS) is 19.1. The van der Waals surface area contributed by atoms with Crippen LogP contribution >= 0.6 is 0 Å². The Balaban J connectivity index is 2.09. The van der Waals surface area contributed by atoms with Crippen LogP contribution in [0, 0.1) is 0 Å². The van der Waals surface area contributed by atoms with E-state index in [1.807, 2.05) is 0 Å². The van der Waals surface area contributed by atoms with E-state index in [4.69, 9.17) is 4.74 Å². The minimum atomic E-state index is -0.0759. The first-order valence-electron chi connectivity index (χ1n) is 5.79. The van der Waals surface area contributed by atoms with Gasteiger partial charge in [-0.25, -0.2) is 0 Å². The number of hydrogen-bond acceptors (Lipinski definition) is 4. The fourth-order valence-corrected chi connectivity index (χ4v) is 1.56. The molecule has 0 atom stereocenters. The van der Waals surface area contributed by atoms with Crippen LogP contribution in [-0.4, -0.2) is 62.1 Å². The molecule has 4 heteroatoms. The Morgan fingerprint density at radius 2 is 1.93 bits per heavy atom. The Morgan fingerprint density at radius 3 is 2.53 bits per heavy atom. The Labute approximate surface area is 92.2 Å². The number of rotatable bonds is 5. The lowest BCUT2D eigenvalue weighted by Gasteiger charge is -2.31. The maximum Gasteiger partial charge on any atom is 0.320 e. The summed E-state index contributed by atoms with van der Waals surface area (Å²) in [6, 6.07) is 0. The van der Waals surface area contributed by atoms with E-state index in [9.17, 15) is 4.79 Å². The molecular formula is C11H22N2O2. The fourth-order valence-electron chi connectivity index (χ4n) is 1.56. The third-order valence-corrected chi connectivity index (χ3v) is 2.71. The van der Waals surface area contributed by atoms with Gasteiger partial charge in [-0.05, 0) is 13.5 Å². The van der Waals surface area contributed by atoms with Crippen LogP contribution in [0.2, 0.25) is 0 Å². The average Bonchev–Trinajstić information content (AvgIpc) is 2.22. The first kappa shape index (κ1) is 12.5. The predicted octanol–water partition coefficient (Wildman–Crippen LogP) is 0.577. The number of hydrogen-bond donors (Lipinski definition) is 0. The molecule has 0 unspecified atom stereocenters. The van der Waals surface area contributed by atoms with Crippen molar-refractivity contribution in [3.8, 4) is 0 Å². The summed E-state index contributed by atoms with van der Waals surface area (Å²) < 4.78 is 5.12. The lowest BCUT2D eigenvalue weighted by atomic mass is 10.3. The number of ether oxygens (including phenoxy) is 1. The van der Waals surface area contributed by atoms with Crippen molar-refractivity contribution in [2.45, 2.75) is 19.8 Å². The summed E-state index contributed by atoms with van der Waals surface area (Å²) in [5, 5.41) is 0. The van der Waals surface area contributed by atoms with E-state index < -0.39 is 0 Å². The van der Waals surface area contributed by atoms with Crippen molar-refractivity contribution >= 4 is 5.97 Å².